The number of nitrogens with one attached hydrogen (secondary N) is 1. The molecule has 3 nitrogen and oxygen atoms in total. The summed E-state index contributed by atoms with van der Waals surface area (Å²) in [6, 6.07) is 0.0904. The molecule has 1 N–H and O–H groups in total. The molecule has 17 heavy (non-hydrogen) atoms. The molecule has 0 aromatic rings. The summed E-state index contributed by atoms with van der Waals surface area (Å²) in [5.41, 5.74) is 0. The quantitative estimate of drug-likeness (QED) is 0.470. The largest absolute Gasteiger partial charge is 0.383 e. The van der Waals surface area contributed by atoms with Crippen molar-refractivity contribution in [3.05, 3.63) is 0 Å². The third kappa shape index (κ3) is 10.8. The molecule has 1 unspecified atom stereocenters. The molecule has 0 rings (SSSR count). The summed E-state index contributed by atoms with van der Waals surface area (Å²) in [7, 11) is 1.65. The standard InChI is InChI=1S/C13H26BrNO2/c1-3-4-5-6-7-8-9-13(16)15-12(10-14)11-17-2/h12H,3-11H2,1-2H3,(H,15,16). The number of ether oxygens (including phenoxy) is 1. The fourth-order valence-corrected chi connectivity index (χ4v) is 2.04. The molecule has 0 radical (unpaired) electrons. The molecule has 4 heteroatoms. The Morgan fingerprint density at radius 1 is 1.24 bits per heavy atom. The van der Waals surface area contributed by atoms with Gasteiger partial charge in [0.2, 0.25) is 5.91 Å². The van der Waals surface area contributed by atoms with Crippen LogP contribution in [0.1, 0.15) is 51.9 Å². The van der Waals surface area contributed by atoms with E-state index in [4.69, 9.17) is 4.74 Å². The van der Waals surface area contributed by atoms with Gasteiger partial charge in [-0.05, 0) is 6.42 Å². The molecule has 0 saturated carbocycles. The van der Waals surface area contributed by atoms with Gasteiger partial charge in [-0.3, -0.25) is 4.79 Å². The van der Waals surface area contributed by atoms with E-state index >= 15 is 0 Å². The van der Waals surface area contributed by atoms with Crippen LogP contribution >= 0.6 is 15.9 Å². The van der Waals surface area contributed by atoms with Crippen LogP contribution in [0.3, 0.4) is 0 Å². The highest BCUT2D eigenvalue weighted by Crippen LogP contribution is 2.07. The van der Waals surface area contributed by atoms with Gasteiger partial charge in [0.15, 0.2) is 0 Å². The van der Waals surface area contributed by atoms with Gasteiger partial charge in [-0.25, -0.2) is 0 Å². The molecule has 1 amide bonds. The average molecular weight is 308 g/mol. The van der Waals surface area contributed by atoms with Gasteiger partial charge in [-0.2, -0.15) is 0 Å². The first kappa shape index (κ1) is 16.9. The summed E-state index contributed by atoms with van der Waals surface area (Å²) in [5, 5.41) is 3.70. The van der Waals surface area contributed by atoms with Crippen molar-refractivity contribution in [2.45, 2.75) is 57.9 Å². The lowest BCUT2D eigenvalue weighted by molar-refractivity contribution is -0.122. The Bertz CT molecular complexity index is 188. The van der Waals surface area contributed by atoms with Crippen LogP contribution in [0, 0.1) is 0 Å². The van der Waals surface area contributed by atoms with Crippen LogP contribution in [-0.4, -0.2) is 31.0 Å². The Hall–Kier alpha value is -0.0900. The van der Waals surface area contributed by atoms with Crippen LogP contribution in [0.2, 0.25) is 0 Å². The smallest absolute Gasteiger partial charge is 0.220 e. The molecule has 102 valence electrons. The highest BCUT2D eigenvalue weighted by Gasteiger charge is 2.09. The summed E-state index contributed by atoms with van der Waals surface area (Å²) in [6.45, 7) is 2.77. The lowest BCUT2D eigenvalue weighted by Crippen LogP contribution is -2.39. The summed E-state index contributed by atoms with van der Waals surface area (Å²) in [4.78, 5) is 11.6. The van der Waals surface area contributed by atoms with Gasteiger partial charge in [-0.1, -0.05) is 55.0 Å². The molecule has 0 saturated heterocycles. The minimum atomic E-state index is 0.0904. The van der Waals surface area contributed by atoms with Crippen LogP contribution in [0.15, 0.2) is 0 Å². The van der Waals surface area contributed by atoms with Gasteiger partial charge in [-0.15, -0.1) is 0 Å². The number of amides is 1. The van der Waals surface area contributed by atoms with Crippen molar-refractivity contribution >= 4 is 21.8 Å². The number of unbranched alkanes of at least 4 members (excludes halogenated alkanes) is 5. The maximum absolute atomic E-state index is 11.6. The van der Waals surface area contributed by atoms with Crippen molar-refractivity contribution in [3.8, 4) is 0 Å². The van der Waals surface area contributed by atoms with E-state index in [9.17, 15) is 4.79 Å². The molecule has 0 aromatic heterocycles. The monoisotopic (exact) mass is 307 g/mol. The Kier molecular flexibility index (Phi) is 12.3. The van der Waals surface area contributed by atoms with E-state index in [1.165, 1.54) is 25.7 Å². The number of carbonyl (C=O) groups is 1. The van der Waals surface area contributed by atoms with Crippen molar-refractivity contribution < 1.29 is 9.53 Å². The van der Waals surface area contributed by atoms with Crippen molar-refractivity contribution in [2.75, 3.05) is 19.0 Å². The molecule has 1 atom stereocenters. The molecular weight excluding hydrogens is 282 g/mol. The Morgan fingerprint density at radius 2 is 1.88 bits per heavy atom. The Labute approximate surface area is 114 Å². The first-order valence-corrected chi connectivity index (χ1v) is 7.71. The van der Waals surface area contributed by atoms with Gasteiger partial charge in [0.25, 0.3) is 0 Å². The lowest BCUT2D eigenvalue weighted by atomic mass is 10.1. The summed E-state index contributed by atoms with van der Waals surface area (Å²) >= 11 is 3.36. The number of alkyl halides is 1. The Balaban J connectivity index is 3.44. The third-order valence-electron chi connectivity index (χ3n) is 2.68. The van der Waals surface area contributed by atoms with Crippen molar-refractivity contribution in [1.82, 2.24) is 5.32 Å². The van der Waals surface area contributed by atoms with Crippen LogP contribution in [0.4, 0.5) is 0 Å². The van der Waals surface area contributed by atoms with Gasteiger partial charge in [0, 0.05) is 18.9 Å². The predicted molar refractivity (Wildman–Crippen MR) is 75.6 cm³/mol. The van der Waals surface area contributed by atoms with Crippen LogP contribution in [-0.2, 0) is 9.53 Å². The van der Waals surface area contributed by atoms with Gasteiger partial charge in [0.05, 0.1) is 12.6 Å². The molecule has 0 aliphatic heterocycles. The zero-order chi connectivity index (χ0) is 12.9. The minimum Gasteiger partial charge on any atom is -0.383 e. The van der Waals surface area contributed by atoms with E-state index in [-0.39, 0.29) is 11.9 Å². The molecule has 0 aliphatic rings. The fourth-order valence-electron chi connectivity index (χ4n) is 1.69. The number of hydrogen-bond acceptors (Lipinski definition) is 2. The van der Waals surface area contributed by atoms with Crippen LogP contribution in [0.5, 0.6) is 0 Å². The normalized spacial score (nSPS) is 12.4. The molecule has 0 bridgehead atoms. The maximum Gasteiger partial charge on any atom is 0.220 e. The average Bonchev–Trinajstić information content (AvgIpc) is 2.33. The molecule has 0 aromatic carbocycles. The molecule has 0 aliphatic carbocycles. The second kappa shape index (κ2) is 12.4. The number of carbonyl (C=O) groups excluding carboxylic acids is 1. The second-order valence-corrected chi connectivity index (χ2v) is 5.04. The second-order valence-electron chi connectivity index (χ2n) is 4.39. The highest BCUT2D eigenvalue weighted by molar-refractivity contribution is 9.09. The van der Waals surface area contributed by atoms with E-state index in [1.807, 2.05) is 0 Å². The topological polar surface area (TPSA) is 38.3 Å². The van der Waals surface area contributed by atoms with E-state index in [0.29, 0.717) is 13.0 Å². The summed E-state index contributed by atoms with van der Waals surface area (Å²) < 4.78 is 5.02. The van der Waals surface area contributed by atoms with Crippen molar-refractivity contribution in [3.63, 3.8) is 0 Å². The Morgan fingerprint density at radius 3 is 2.47 bits per heavy atom. The van der Waals surface area contributed by atoms with E-state index in [0.717, 1.165) is 18.2 Å². The number of methoxy groups -OCH3 is 1. The zero-order valence-corrected chi connectivity index (χ0v) is 12.7. The minimum absolute atomic E-state index is 0.0904. The first-order chi connectivity index (χ1) is 8.24. The van der Waals surface area contributed by atoms with Gasteiger partial charge >= 0.3 is 0 Å². The first-order valence-electron chi connectivity index (χ1n) is 6.58. The fraction of sp³-hybridized carbons (Fsp3) is 0.923. The van der Waals surface area contributed by atoms with Gasteiger partial charge in [0.1, 0.15) is 0 Å². The van der Waals surface area contributed by atoms with E-state index in [1.54, 1.807) is 7.11 Å². The number of rotatable bonds is 11. The third-order valence-corrected chi connectivity index (χ3v) is 3.46. The lowest BCUT2D eigenvalue weighted by Gasteiger charge is -2.14. The van der Waals surface area contributed by atoms with Crippen molar-refractivity contribution in [1.29, 1.82) is 0 Å². The summed E-state index contributed by atoms with van der Waals surface area (Å²) in [5.74, 6) is 0.141. The molecule has 0 heterocycles. The van der Waals surface area contributed by atoms with Gasteiger partial charge < -0.3 is 10.1 Å². The van der Waals surface area contributed by atoms with E-state index in [2.05, 4.69) is 28.2 Å². The highest BCUT2D eigenvalue weighted by atomic mass is 79.9. The zero-order valence-electron chi connectivity index (χ0n) is 11.1. The molecule has 0 spiro atoms. The van der Waals surface area contributed by atoms with Crippen LogP contribution in [0.25, 0.3) is 0 Å². The summed E-state index contributed by atoms with van der Waals surface area (Å²) in [6.07, 6.45) is 7.93. The van der Waals surface area contributed by atoms with E-state index < -0.39 is 0 Å². The number of hydrogen-bond donors (Lipinski definition) is 1. The van der Waals surface area contributed by atoms with Crippen molar-refractivity contribution in [2.24, 2.45) is 0 Å². The SMILES string of the molecule is CCCCCCCCC(=O)NC(CBr)COC. The van der Waals surface area contributed by atoms with Crippen LogP contribution < -0.4 is 5.32 Å². The molecule has 0 fully saturated rings. The molecular formula is C13H26BrNO2. The predicted octanol–water partition coefficient (Wildman–Crippen LogP) is 3.26. The number of halogens is 1. The maximum atomic E-state index is 11.6.